The first-order valence-corrected chi connectivity index (χ1v) is 8.96. The van der Waals surface area contributed by atoms with E-state index < -0.39 is 0 Å². The summed E-state index contributed by atoms with van der Waals surface area (Å²) < 4.78 is 8.04. The van der Waals surface area contributed by atoms with Gasteiger partial charge >= 0.3 is 0 Å². The van der Waals surface area contributed by atoms with Crippen LogP contribution in [0.1, 0.15) is 25.2 Å². The van der Waals surface area contributed by atoms with Crippen molar-refractivity contribution < 1.29 is 9.53 Å². The van der Waals surface area contributed by atoms with Crippen LogP contribution in [-0.4, -0.2) is 34.0 Å². The summed E-state index contributed by atoms with van der Waals surface area (Å²) in [6, 6.07) is 16.2. The summed E-state index contributed by atoms with van der Waals surface area (Å²) in [5.41, 5.74) is 3.30. The van der Waals surface area contributed by atoms with Crippen molar-refractivity contribution >= 4 is 16.9 Å². The molecule has 2 aromatic carbocycles. The molecule has 3 rings (SSSR count). The van der Waals surface area contributed by atoms with Gasteiger partial charge in [-0.3, -0.25) is 4.79 Å². The van der Waals surface area contributed by atoms with Gasteiger partial charge in [-0.25, -0.2) is 4.98 Å². The minimum atomic E-state index is 0.0240. The monoisotopic (exact) mass is 351 g/mol. The Morgan fingerprint density at radius 2 is 1.88 bits per heavy atom. The van der Waals surface area contributed by atoms with E-state index in [4.69, 9.17) is 9.72 Å². The number of carbonyl (C=O) groups is 1. The molecule has 0 atom stereocenters. The molecule has 0 N–H and O–H groups in total. The zero-order chi connectivity index (χ0) is 18.5. The highest BCUT2D eigenvalue weighted by Crippen LogP contribution is 2.18. The molecule has 1 amide bonds. The van der Waals surface area contributed by atoms with E-state index in [1.54, 1.807) is 18.9 Å². The van der Waals surface area contributed by atoms with Crippen LogP contribution in [0.5, 0.6) is 5.75 Å². The van der Waals surface area contributed by atoms with Crippen LogP contribution in [0.4, 0.5) is 0 Å². The van der Waals surface area contributed by atoms with Gasteiger partial charge in [0.1, 0.15) is 18.2 Å². The molecule has 0 fully saturated rings. The van der Waals surface area contributed by atoms with Crippen LogP contribution in [0.15, 0.2) is 48.5 Å². The molecule has 0 aliphatic rings. The second-order valence-corrected chi connectivity index (χ2v) is 6.39. The molecule has 3 aromatic rings. The fraction of sp³-hybridized carbons (Fsp3) is 0.333. The highest BCUT2D eigenvalue weighted by atomic mass is 16.5. The number of para-hydroxylation sites is 2. The van der Waals surface area contributed by atoms with Crippen molar-refractivity contribution in [2.75, 3.05) is 13.7 Å². The van der Waals surface area contributed by atoms with E-state index in [1.807, 2.05) is 30.3 Å². The van der Waals surface area contributed by atoms with E-state index in [1.165, 1.54) is 5.56 Å². The molecule has 0 bridgehead atoms. The number of aryl methyl sites for hydroxylation is 1. The second kappa shape index (κ2) is 8.04. The summed E-state index contributed by atoms with van der Waals surface area (Å²) in [7, 11) is 1.79. The van der Waals surface area contributed by atoms with Crippen LogP contribution >= 0.6 is 0 Å². The number of ether oxygens (including phenoxy) is 1. The third-order valence-corrected chi connectivity index (χ3v) is 4.56. The SMILES string of the molecule is CCc1ccc(OCCn2c(CN(C)C(C)=O)nc3ccccc32)cc1. The third-order valence-electron chi connectivity index (χ3n) is 4.56. The number of amides is 1. The standard InChI is InChI=1S/C21H25N3O2/c1-4-17-9-11-18(12-10-17)26-14-13-24-20-8-6-5-7-19(20)22-21(24)15-23(3)16(2)25/h5-12H,4,13-15H2,1-3H3. The van der Waals surface area contributed by atoms with Crippen LogP contribution < -0.4 is 4.74 Å². The predicted octanol–water partition coefficient (Wildman–Crippen LogP) is 3.66. The largest absolute Gasteiger partial charge is 0.492 e. The molecule has 0 aliphatic heterocycles. The van der Waals surface area contributed by atoms with Gasteiger partial charge in [-0.1, -0.05) is 31.2 Å². The lowest BCUT2D eigenvalue weighted by Crippen LogP contribution is -2.25. The maximum absolute atomic E-state index is 11.6. The van der Waals surface area contributed by atoms with E-state index in [0.29, 0.717) is 19.7 Å². The average Bonchev–Trinajstić information content (AvgIpc) is 2.99. The molecular weight excluding hydrogens is 326 g/mol. The van der Waals surface area contributed by atoms with E-state index in [-0.39, 0.29) is 5.91 Å². The van der Waals surface area contributed by atoms with Crippen LogP contribution in [-0.2, 0) is 24.3 Å². The second-order valence-electron chi connectivity index (χ2n) is 6.39. The Morgan fingerprint density at radius 3 is 2.58 bits per heavy atom. The third kappa shape index (κ3) is 4.04. The topological polar surface area (TPSA) is 47.4 Å². The van der Waals surface area contributed by atoms with Gasteiger partial charge in [0, 0.05) is 14.0 Å². The van der Waals surface area contributed by atoms with E-state index >= 15 is 0 Å². The molecule has 0 spiro atoms. The van der Waals surface area contributed by atoms with Crippen molar-refractivity contribution in [3.8, 4) is 5.75 Å². The summed E-state index contributed by atoms with van der Waals surface area (Å²) in [5, 5.41) is 0. The van der Waals surface area contributed by atoms with Crippen molar-refractivity contribution in [1.29, 1.82) is 0 Å². The molecule has 0 saturated carbocycles. The van der Waals surface area contributed by atoms with Gasteiger partial charge < -0.3 is 14.2 Å². The number of imidazole rings is 1. The Kier molecular flexibility index (Phi) is 5.56. The van der Waals surface area contributed by atoms with Gasteiger partial charge in [0.2, 0.25) is 5.91 Å². The van der Waals surface area contributed by atoms with E-state index in [0.717, 1.165) is 29.0 Å². The van der Waals surface area contributed by atoms with Gasteiger partial charge in [0.05, 0.1) is 24.1 Å². The molecule has 1 heterocycles. The average molecular weight is 351 g/mol. The fourth-order valence-electron chi connectivity index (χ4n) is 2.90. The number of carbonyl (C=O) groups excluding carboxylic acids is 1. The molecule has 5 heteroatoms. The van der Waals surface area contributed by atoms with E-state index in [9.17, 15) is 4.79 Å². The lowest BCUT2D eigenvalue weighted by atomic mass is 10.2. The number of benzene rings is 2. The van der Waals surface area contributed by atoms with Gasteiger partial charge in [0.15, 0.2) is 0 Å². The molecule has 0 radical (unpaired) electrons. The molecule has 0 unspecified atom stereocenters. The number of rotatable bonds is 7. The number of hydrogen-bond donors (Lipinski definition) is 0. The van der Waals surface area contributed by atoms with Crippen LogP contribution in [0.25, 0.3) is 11.0 Å². The van der Waals surface area contributed by atoms with Crippen LogP contribution in [0.2, 0.25) is 0 Å². The zero-order valence-corrected chi connectivity index (χ0v) is 15.6. The molecular formula is C21H25N3O2. The Morgan fingerprint density at radius 1 is 1.15 bits per heavy atom. The van der Waals surface area contributed by atoms with Crippen molar-refractivity contribution in [3.05, 3.63) is 59.9 Å². The van der Waals surface area contributed by atoms with Crippen molar-refractivity contribution in [1.82, 2.24) is 14.5 Å². The van der Waals surface area contributed by atoms with Gasteiger partial charge in [-0.2, -0.15) is 0 Å². The molecule has 5 nitrogen and oxygen atoms in total. The first kappa shape index (κ1) is 18.0. The Hall–Kier alpha value is -2.82. The summed E-state index contributed by atoms with van der Waals surface area (Å²) in [6.45, 7) is 5.41. The summed E-state index contributed by atoms with van der Waals surface area (Å²) in [4.78, 5) is 18.0. The molecule has 0 aliphatic carbocycles. The highest BCUT2D eigenvalue weighted by Gasteiger charge is 2.13. The number of aromatic nitrogens is 2. The van der Waals surface area contributed by atoms with Crippen LogP contribution in [0.3, 0.4) is 0 Å². The Labute approximate surface area is 154 Å². The quantitative estimate of drug-likeness (QED) is 0.653. The van der Waals surface area contributed by atoms with Crippen molar-refractivity contribution in [2.24, 2.45) is 0 Å². The van der Waals surface area contributed by atoms with Crippen molar-refractivity contribution in [3.63, 3.8) is 0 Å². The van der Waals surface area contributed by atoms with Gasteiger partial charge in [-0.05, 0) is 36.2 Å². The van der Waals surface area contributed by atoms with Gasteiger partial charge in [0.25, 0.3) is 0 Å². The minimum Gasteiger partial charge on any atom is -0.492 e. The highest BCUT2D eigenvalue weighted by molar-refractivity contribution is 5.76. The first-order chi connectivity index (χ1) is 12.6. The molecule has 136 valence electrons. The number of hydrogen-bond acceptors (Lipinski definition) is 3. The van der Waals surface area contributed by atoms with E-state index in [2.05, 4.69) is 29.7 Å². The molecule has 26 heavy (non-hydrogen) atoms. The Bertz CT molecular complexity index is 884. The zero-order valence-electron chi connectivity index (χ0n) is 15.6. The lowest BCUT2D eigenvalue weighted by Gasteiger charge is -2.16. The Balaban J connectivity index is 1.75. The predicted molar refractivity (Wildman–Crippen MR) is 103 cm³/mol. The smallest absolute Gasteiger partial charge is 0.219 e. The lowest BCUT2D eigenvalue weighted by molar-refractivity contribution is -0.128. The molecule has 0 saturated heterocycles. The van der Waals surface area contributed by atoms with Gasteiger partial charge in [-0.15, -0.1) is 0 Å². The summed E-state index contributed by atoms with van der Waals surface area (Å²) >= 11 is 0. The van der Waals surface area contributed by atoms with Crippen LogP contribution in [0, 0.1) is 0 Å². The molecule has 1 aromatic heterocycles. The maximum atomic E-state index is 11.6. The summed E-state index contributed by atoms with van der Waals surface area (Å²) in [6.07, 6.45) is 1.02. The summed E-state index contributed by atoms with van der Waals surface area (Å²) in [5.74, 6) is 1.76. The minimum absolute atomic E-state index is 0.0240. The normalized spacial score (nSPS) is 10.9. The number of nitrogens with zero attached hydrogens (tertiary/aromatic N) is 3. The number of fused-ring (bicyclic) bond motifs is 1. The van der Waals surface area contributed by atoms with Crippen molar-refractivity contribution in [2.45, 2.75) is 33.4 Å². The maximum Gasteiger partial charge on any atom is 0.219 e. The fourth-order valence-corrected chi connectivity index (χ4v) is 2.90. The first-order valence-electron chi connectivity index (χ1n) is 8.96.